The van der Waals surface area contributed by atoms with E-state index >= 15 is 0 Å². The average Bonchev–Trinajstić information content (AvgIpc) is 2.69. The molecular formula is C10H9NO2. The maximum atomic E-state index is 5.25. The Bertz CT molecular complexity index is 342. The molecule has 0 radical (unpaired) electrons. The van der Waals surface area contributed by atoms with Crippen LogP contribution in [0.15, 0.2) is 47.2 Å². The highest BCUT2D eigenvalue weighted by Crippen LogP contribution is 2.08. The summed E-state index contributed by atoms with van der Waals surface area (Å²) in [6.07, 6.45) is 3.35. The third kappa shape index (κ3) is 2.08. The minimum absolute atomic E-state index is 0.309. The van der Waals surface area contributed by atoms with Crippen molar-refractivity contribution in [3.63, 3.8) is 0 Å². The maximum absolute atomic E-state index is 5.25. The van der Waals surface area contributed by atoms with Crippen molar-refractivity contribution >= 4 is 0 Å². The first-order valence-corrected chi connectivity index (χ1v) is 4.01. The maximum Gasteiger partial charge on any atom is 0.393 e. The van der Waals surface area contributed by atoms with Gasteiger partial charge >= 0.3 is 6.08 Å². The number of benzene rings is 1. The van der Waals surface area contributed by atoms with Gasteiger partial charge in [0.15, 0.2) is 0 Å². The lowest BCUT2D eigenvalue weighted by Crippen LogP contribution is -1.94. The van der Waals surface area contributed by atoms with Crippen molar-refractivity contribution in [2.75, 3.05) is 0 Å². The summed E-state index contributed by atoms with van der Waals surface area (Å²) in [5.41, 5.74) is 1.10. The van der Waals surface area contributed by atoms with E-state index < -0.39 is 0 Å². The molecule has 0 spiro atoms. The van der Waals surface area contributed by atoms with Gasteiger partial charge in [0.05, 0.1) is 6.20 Å². The van der Waals surface area contributed by atoms with Crippen molar-refractivity contribution in [3.8, 4) is 6.08 Å². The van der Waals surface area contributed by atoms with E-state index in [-0.39, 0.29) is 0 Å². The second-order valence-corrected chi connectivity index (χ2v) is 2.57. The lowest BCUT2D eigenvalue weighted by molar-refractivity contribution is 0.220. The standard InChI is InChI=1S/C10H9NO2/c1-2-4-9(5-3-1)8-13-10-11-6-7-12-10/h1-7H,8H2. The van der Waals surface area contributed by atoms with Crippen LogP contribution in [-0.2, 0) is 6.61 Å². The molecule has 1 heterocycles. The second-order valence-electron chi connectivity index (χ2n) is 2.57. The Morgan fingerprint density at radius 1 is 1.23 bits per heavy atom. The van der Waals surface area contributed by atoms with Crippen molar-refractivity contribution in [3.05, 3.63) is 48.4 Å². The molecule has 0 saturated carbocycles. The highest BCUT2D eigenvalue weighted by Gasteiger charge is 1.97. The van der Waals surface area contributed by atoms with Gasteiger partial charge in [0.2, 0.25) is 0 Å². The molecule has 0 fully saturated rings. The van der Waals surface area contributed by atoms with Crippen LogP contribution in [0.1, 0.15) is 5.56 Å². The fraction of sp³-hybridized carbons (Fsp3) is 0.100. The van der Waals surface area contributed by atoms with E-state index in [0.717, 1.165) is 5.56 Å². The first-order chi connectivity index (χ1) is 6.45. The summed E-state index contributed by atoms with van der Waals surface area (Å²) in [7, 11) is 0. The van der Waals surface area contributed by atoms with E-state index in [0.29, 0.717) is 12.7 Å². The third-order valence-corrected chi connectivity index (χ3v) is 1.61. The van der Waals surface area contributed by atoms with Crippen molar-refractivity contribution in [1.29, 1.82) is 0 Å². The quantitative estimate of drug-likeness (QED) is 0.717. The Morgan fingerprint density at radius 2 is 2.08 bits per heavy atom. The van der Waals surface area contributed by atoms with Crippen molar-refractivity contribution < 1.29 is 9.15 Å². The van der Waals surface area contributed by atoms with Gasteiger partial charge in [-0.1, -0.05) is 30.3 Å². The smallest absolute Gasteiger partial charge is 0.393 e. The third-order valence-electron chi connectivity index (χ3n) is 1.61. The summed E-state index contributed by atoms with van der Waals surface area (Å²) in [6.45, 7) is 0.487. The van der Waals surface area contributed by atoms with Crippen molar-refractivity contribution in [2.45, 2.75) is 6.61 Å². The molecule has 1 aromatic heterocycles. The van der Waals surface area contributed by atoms with Crippen LogP contribution in [0, 0.1) is 0 Å². The average molecular weight is 175 g/mol. The van der Waals surface area contributed by atoms with Gasteiger partial charge < -0.3 is 9.15 Å². The topological polar surface area (TPSA) is 35.3 Å². The molecule has 0 saturated heterocycles. The van der Waals surface area contributed by atoms with Gasteiger partial charge in [-0.2, -0.15) is 4.98 Å². The number of aromatic nitrogens is 1. The molecule has 0 N–H and O–H groups in total. The van der Waals surface area contributed by atoms with E-state index in [4.69, 9.17) is 9.15 Å². The Hall–Kier alpha value is -1.77. The van der Waals surface area contributed by atoms with Gasteiger partial charge in [-0.05, 0) is 5.56 Å². The molecule has 2 rings (SSSR count). The molecular weight excluding hydrogens is 166 g/mol. The Kier molecular flexibility index (Phi) is 2.27. The summed E-state index contributed by atoms with van der Waals surface area (Å²) < 4.78 is 10.2. The summed E-state index contributed by atoms with van der Waals surface area (Å²) in [4.78, 5) is 3.84. The predicted octanol–water partition coefficient (Wildman–Crippen LogP) is 2.25. The van der Waals surface area contributed by atoms with Gasteiger partial charge in [-0.3, -0.25) is 0 Å². The molecule has 2 aromatic rings. The van der Waals surface area contributed by atoms with Crippen LogP contribution in [0.2, 0.25) is 0 Å². The van der Waals surface area contributed by atoms with Gasteiger partial charge in [0, 0.05) is 0 Å². The van der Waals surface area contributed by atoms with Gasteiger partial charge in [-0.25, -0.2) is 0 Å². The Labute approximate surface area is 76.0 Å². The van der Waals surface area contributed by atoms with Crippen LogP contribution < -0.4 is 4.74 Å². The minimum atomic E-state index is 0.309. The fourth-order valence-electron chi connectivity index (χ4n) is 1.00. The monoisotopic (exact) mass is 175 g/mol. The lowest BCUT2D eigenvalue weighted by Gasteiger charge is -1.99. The summed E-state index contributed by atoms with van der Waals surface area (Å²) in [5, 5.41) is 0. The molecule has 0 aliphatic carbocycles. The van der Waals surface area contributed by atoms with Crippen LogP contribution in [-0.4, -0.2) is 4.98 Å². The van der Waals surface area contributed by atoms with E-state index in [2.05, 4.69) is 4.98 Å². The zero-order valence-corrected chi connectivity index (χ0v) is 7.01. The fourth-order valence-corrected chi connectivity index (χ4v) is 1.00. The lowest BCUT2D eigenvalue weighted by atomic mass is 10.2. The molecule has 0 unspecified atom stereocenters. The molecule has 0 amide bonds. The first-order valence-electron chi connectivity index (χ1n) is 4.01. The van der Waals surface area contributed by atoms with Crippen LogP contribution in [0.5, 0.6) is 6.08 Å². The number of rotatable bonds is 3. The zero-order valence-electron chi connectivity index (χ0n) is 7.01. The zero-order chi connectivity index (χ0) is 8.93. The number of hydrogen-bond donors (Lipinski definition) is 0. The van der Waals surface area contributed by atoms with Crippen LogP contribution in [0.25, 0.3) is 0 Å². The number of oxazole rings is 1. The molecule has 0 aliphatic rings. The molecule has 1 aromatic carbocycles. The SMILES string of the molecule is c1ccc(COc2ncco2)cc1. The molecule has 3 nitrogen and oxygen atoms in total. The Morgan fingerprint density at radius 3 is 2.77 bits per heavy atom. The van der Waals surface area contributed by atoms with Crippen LogP contribution >= 0.6 is 0 Å². The molecule has 3 heteroatoms. The van der Waals surface area contributed by atoms with E-state index in [1.165, 1.54) is 6.26 Å². The van der Waals surface area contributed by atoms with E-state index in [9.17, 15) is 0 Å². The highest BCUT2D eigenvalue weighted by molar-refractivity contribution is 5.13. The van der Waals surface area contributed by atoms with Crippen molar-refractivity contribution in [1.82, 2.24) is 4.98 Å². The first kappa shape index (κ1) is 7.86. The molecule has 0 bridgehead atoms. The summed E-state index contributed by atoms with van der Waals surface area (Å²) in [5.74, 6) is 0. The summed E-state index contributed by atoms with van der Waals surface area (Å²) in [6, 6.07) is 9.88. The Balaban J connectivity index is 1.94. The van der Waals surface area contributed by atoms with Crippen molar-refractivity contribution in [2.24, 2.45) is 0 Å². The van der Waals surface area contributed by atoms with Crippen LogP contribution in [0.4, 0.5) is 0 Å². The van der Waals surface area contributed by atoms with E-state index in [1.54, 1.807) is 6.20 Å². The molecule has 66 valence electrons. The highest BCUT2D eigenvalue weighted by atomic mass is 16.6. The molecule has 0 aliphatic heterocycles. The van der Waals surface area contributed by atoms with E-state index in [1.807, 2.05) is 30.3 Å². The predicted molar refractivity (Wildman–Crippen MR) is 47.3 cm³/mol. The minimum Gasteiger partial charge on any atom is -0.445 e. The normalized spacial score (nSPS) is 9.85. The summed E-state index contributed by atoms with van der Waals surface area (Å²) >= 11 is 0. The molecule has 13 heavy (non-hydrogen) atoms. The second kappa shape index (κ2) is 3.76. The van der Waals surface area contributed by atoms with Gasteiger partial charge in [-0.15, -0.1) is 0 Å². The van der Waals surface area contributed by atoms with Gasteiger partial charge in [0.1, 0.15) is 12.9 Å². The number of hydrogen-bond acceptors (Lipinski definition) is 3. The molecule has 0 atom stereocenters. The van der Waals surface area contributed by atoms with Crippen LogP contribution in [0.3, 0.4) is 0 Å². The number of ether oxygens (including phenoxy) is 1. The largest absolute Gasteiger partial charge is 0.445 e. The van der Waals surface area contributed by atoms with Gasteiger partial charge in [0.25, 0.3) is 0 Å². The number of nitrogens with zero attached hydrogens (tertiary/aromatic N) is 1.